The molecule has 0 unspecified atom stereocenters. The third-order valence-corrected chi connectivity index (χ3v) is 3.65. The van der Waals surface area contributed by atoms with Crippen molar-refractivity contribution in [3.8, 4) is 5.75 Å². The van der Waals surface area contributed by atoms with Crippen LogP contribution in [-0.4, -0.2) is 10.9 Å². The minimum Gasteiger partial charge on any atom is -0.487 e. The number of benzene rings is 2. The maximum atomic E-state index is 12.1. The van der Waals surface area contributed by atoms with Gasteiger partial charge in [-0.05, 0) is 35.9 Å². The van der Waals surface area contributed by atoms with Gasteiger partial charge in [-0.1, -0.05) is 41.9 Å². The lowest BCUT2D eigenvalue weighted by Gasteiger charge is -2.10. The van der Waals surface area contributed by atoms with Crippen molar-refractivity contribution in [2.75, 3.05) is 5.32 Å². The largest absolute Gasteiger partial charge is 0.487 e. The maximum absolute atomic E-state index is 12.1. The molecule has 3 rings (SSSR count). The summed E-state index contributed by atoms with van der Waals surface area (Å²) in [6, 6.07) is 18.4. The lowest BCUT2D eigenvalue weighted by atomic mass is 10.2. The van der Waals surface area contributed by atoms with E-state index in [1.165, 1.54) is 6.20 Å². The lowest BCUT2D eigenvalue weighted by Crippen LogP contribution is -2.12. The molecule has 4 nitrogen and oxygen atoms in total. The number of hydrogen-bond donors (Lipinski definition) is 1. The first-order valence-electron chi connectivity index (χ1n) is 7.40. The van der Waals surface area contributed by atoms with Crippen LogP contribution in [0.15, 0.2) is 73.1 Å². The minimum absolute atomic E-state index is 0.239. The Bertz CT molecular complexity index is 823. The molecule has 1 heterocycles. The van der Waals surface area contributed by atoms with Gasteiger partial charge in [-0.25, -0.2) is 0 Å². The molecule has 3 aromatic rings. The number of carbonyl (C=O) groups is 1. The fraction of sp³-hybridized carbons (Fsp3) is 0.0526. The number of hydrogen-bond acceptors (Lipinski definition) is 3. The number of pyridine rings is 1. The van der Waals surface area contributed by atoms with E-state index in [4.69, 9.17) is 16.3 Å². The van der Waals surface area contributed by atoms with Crippen LogP contribution in [0.1, 0.15) is 15.9 Å². The minimum atomic E-state index is -0.239. The van der Waals surface area contributed by atoms with Crippen LogP contribution in [0.25, 0.3) is 0 Å². The number of nitrogens with one attached hydrogen (secondary N) is 1. The standard InChI is InChI=1S/C19H15ClN2O2/c20-17-11-16(22-19(23)15-7-4-10-21-12-15)8-9-18(17)24-13-14-5-2-1-3-6-14/h1-12H,13H2,(H,22,23). The molecule has 0 fully saturated rings. The molecule has 0 saturated carbocycles. The number of anilines is 1. The summed E-state index contributed by atoms with van der Waals surface area (Å²) in [4.78, 5) is 16.0. The molecule has 0 bridgehead atoms. The molecule has 0 spiro atoms. The molecule has 2 aromatic carbocycles. The lowest BCUT2D eigenvalue weighted by molar-refractivity contribution is 0.102. The van der Waals surface area contributed by atoms with E-state index in [0.717, 1.165) is 5.56 Å². The van der Waals surface area contributed by atoms with Crippen LogP contribution in [0.4, 0.5) is 5.69 Å². The predicted octanol–water partition coefficient (Wildman–Crippen LogP) is 4.57. The Morgan fingerprint density at radius 2 is 1.92 bits per heavy atom. The van der Waals surface area contributed by atoms with Crippen molar-refractivity contribution in [2.24, 2.45) is 0 Å². The first-order valence-corrected chi connectivity index (χ1v) is 7.78. The topological polar surface area (TPSA) is 51.2 Å². The Morgan fingerprint density at radius 1 is 1.08 bits per heavy atom. The molecule has 24 heavy (non-hydrogen) atoms. The highest BCUT2D eigenvalue weighted by Crippen LogP contribution is 2.28. The predicted molar refractivity (Wildman–Crippen MR) is 94.4 cm³/mol. The molecular weight excluding hydrogens is 324 g/mol. The van der Waals surface area contributed by atoms with E-state index in [2.05, 4.69) is 10.3 Å². The summed E-state index contributed by atoms with van der Waals surface area (Å²) in [5.41, 5.74) is 2.14. The monoisotopic (exact) mass is 338 g/mol. The molecule has 1 aromatic heterocycles. The van der Waals surface area contributed by atoms with Crippen LogP contribution < -0.4 is 10.1 Å². The summed E-state index contributed by atoms with van der Waals surface area (Å²) in [5, 5.41) is 3.22. The van der Waals surface area contributed by atoms with E-state index in [9.17, 15) is 4.79 Å². The SMILES string of the molecule is O=C(Nc1ccc(OCc2ccccc2)c(Cl)c1)c1cccnc1. The second kappa shape index (κ2) is 7.62. The van der Waals surface area contributed by atoms with Gasteiger partial charge in [0.05, 0.1) is 10.6 Å². The Balaban J connectivity index is 1.65. The molecule has 0 radical (unpaired) electrons. The second-order valence-electron chi connectivity index (χ2n) is 5.12. The number of ether oxygens (including phenoxy) is 1. The van der Waals surface area contributed by atoms with Crippen LogP contribution >= 0.6 is 11.6 Å². The summed E-state index contributed by atoms with van der Waals surface area (Å²) in [6.07, 6.45) is 3.13. The van der Waals surface area contributed by atoms with Crippen LogP contribution in [0, 0.1) is 0 Å². The van der Waals surface area contributed by atoms with Crippen molar-refractivity contribution in [1.29, 1.82) is 0 Å². The van der Waals surface area contributed by atoms with Gasteiger partial charge >= 0.3 is 0 Å². The summed E-state index contributed by atoms with van der Waals surface area (Å²) in [6.45, 7) is 0.432. The van der Waals surface area contributed by atoms with E-state index >= 15 is 0 Å². The fourth-order valence-corrected chi connectivity index (χ4v) is 2.37. The van der Waals surface area contributed by atoms with Crippen molar-refractivity contribution >= 4 is 23.2 Å². The third-order valence-electron chi connectivity index (χ3n) is 3.35. The number of carbonyl (C=O) groups excluding carboxylic acids is 1. The molecule has 0 saturated heterocycles. The first kappa shape index (κ1) is 16.0. The first-order chi connectivity index (χ1) is 11.7. The van der Waals surface area contributed by atoms with E-state index in [1.54, 1.807) is 36.5 Å². The molecule has 0 aliphatic carbocycles. The zero-order chi connectivity index (χ0) is 16.8. The normalized spacial score (nSPS) is 10.2. The summed E-state index contributed by atoms with van der Waals surface area (Å²) < 4.78 is 5.71. The van der Waals surface area contributed by atoms with Gasteiger partial charge in [0.25, 0.3) is 5.91 Å². The molecule has 0 aliphatic heterocycles. The van der Waals surface area contributed by atoms with E-state index in [0.29, 0.717) is 28.6 Å². The number of amides is 1. The van der Waals surface area contributed by atoms with Crippen LogP contribution in [-0.2, 0) is 6.61 Å². The van der Waals surface area contributed by atoms with Crippen molar-refractivity contribution in [3.05, 3.63) is 89.2 Å². The van der Waals surface area contributed by atoms with E-state index in [1.807, 2.05) is 30.3 Å². The zero-order valence-electron chi connectivity index (χ0n) is 12.8. The summed E-state index contributed by atoms with van der Waals surface area (Å²) in [7, 11) is 0. The van der Waals surface area contributed by atoms with Gasteiger partial charge in [-0.2, -0.15) is 0 Å². The maximum Gasteiger partial charge on any atom is 0.257 e. The highest BCUT2D eigenvalue weighted by molar-refractivity contribution is 6.32. The third kappa shape index (κ3) is 4.12. The number of halogens is 1. The van der Waals surface area contributed by atoms with Crippen LogP contribution in [0.5, 0.6) is 5.75 Å². The molecule has 120 valence electrons. The molecule has 1 N–H and O–H groups in total. The molecule has 1 amide bonds. The van der Waals surface area contributed by atoms with Gasteiger partial charge in [-0.3, -0.25) is 9.78 Å². The number of aromatic nitrogens is 1. The zero-order valence-corrected chi connectivity index (χ0v) is 13.5. The van der Waals surface area contributed by atoms with Crippen molar-refractivity contribution in [2.45, 2.75) is 6.61 Å². The van der Waals surface area contributed by atoms with E-state index in [-0.39, 0.29) is 5.91 Å². The number of rotatable bonds is 5. The molecule has 0 atom stereocenters. The molecule has 5 heteroatoms. The Labute approximate surface area is 145 Å². The average molecular weight is 339 g/mol. The van der Waals surface area contributed by atoms with Crippen LogP contribution in [0.2, 0.25) is 5.02 Å². The second-order valence-corrected chi connectivity index (χ2v) is 5.52. The van der Waals surface area contributed by atoms with Gasteiger partial charge in [0, 0.05) is 18.1 Å². The summed E-state index contributed by atoms with van der Waals surface area (Å²) in [5.74, 6) is 0.331. The van der Waals surface area contributed by atoms with Crippen molar-refractivity contribution in [3.63, 3.8) is 0 Å². The highest BCUT2D eigenvalue weighted by Gasteiger charge is 2.08. The fourth-order valence-electron chi connectivity index (χ4n) is 2.13. The van der Waals surface area contributed by atoms with Gasteiger partial charge in [0.2, 0.25) is 0 Å². The molecule has 0 aliphatic rings. The summed E-state index contributed by atoms with van der Waals surface area (Å²) >= 11 is 6.24. The van der Waals surface area contributed by atoms with Gasteiger partial charge < -0.3 is 10.1 Å². The van der Waals surface area contributed by atoms with Crippen molar-refractivity contribution in [1.82, 2.24) is 4.98 Å². The Hall–Kier alpha value is -2.85. The van der Waals surface area contributed by atoms with Gasteiger partial charge in [-0.15, -0.1) is 0 Å². The van der Waals surface area contributed by atoms with Gasteiger partial charge in [0.1, 0.15) is 12.4 Å². The van der Waals surface area contributed by atoms with Crippen molar-refractivity contribution < 1.29 is 9.53 Å². The average Bonchev–Trinajstić information content (AvgIpc) is 2.62. The Kier molecular flexibility index (Phi) is 5.08. The smallest absolute Gasteiger partial charge is 0.257 e. The van der Waals surface area contributed by atoms with E-state index < -0.39 is 0 Å². The Morgan fingerprint density at radius 3 is 2.62 bits per heavy atom. The molecular formula is C19H15ClN2O2. The highest BCUT2D eigenvalue weighted by atomic mass is 35.5. The number of nitrogens with zero attached hydrogens (tertiary/aromatic N) is 1. The quantitative estimate of drug-likeness (QED) is 0.741. The van der Waals surface area contributed by atoms with Gasteiger partial charge in [0.15, 0.2) is 0 Å². The van der Waals surface area contributed by atoms with Crippen LogP contribution in [0.3, 0.4) is 0 Å².